The molecule has 1 heterocycles. The second-order valence-corrected chi connectivity index (χ2v) is 4.29. The molecule has 0 aromatic carbocycles. The van der Waals surface area contributed by atoms with Crippen molar-refractivity contribution in [2.24, 2.45) is 0 Å². The minimum Gasteiger partial charge on any atom is -0.379 e. The molecule has 0 saturated carbocycles. The van der Waals surface area contributed by atoms with E-state index in [4.69, 9.17) is 10.00 Å². The fourth-order valence-corrected chi connectivity index (χ4v) is 2.21. The van der Waals surface area contributed by atoms with Crippen molar-refractivity contribution in [3.05, 3.63) is 0 Å². The Kier molecular flexibility index (Phi) is 3.74. The molecule has 0 spiro atoms. The highest BCUT2D eigenvalue weighted by Gasteiger charge is 2.22. The predicted octanol–water partition coefficient (Wildman–Crippen LogP) is 1.81. The third kappa shape index (κ3) is 2.72. The summed E-state index contributed by atoms with van der Waals surface area (Å²) < 4.78 is 5.05. The van der Waals surface area contributed by atoms with Gasteiger partial charge >= 0.3 is 0 Å². The lowest BCUT2D eigenvalue weighted by Gasteiger charge is -2.28. The zero-order valence-electron chi connectivity index (χ0n) is 6.75. The molecule has 62 valence electrons. The molecule has 0 radical (unpaired) electrons. The summed E-state index contributed by atoms with van der Waals surface area (Å²) in [5.41, 5.74) is 0. The van der Waals surface area contributed by atoms with Gasteiger partial charge in [0.1, 0.15) is 0 Å². The van der Waals surface area contributed by atoms with Gasteiger partial charge in [-0.25, -0.2) is 0 Å². The molecule has 1 unspecified atom stereocenters. The zero-order valence-corrected chi connectivity index (χ0v) is 7.56. The van der Waals surface area contributed by atoms with E-state index in [0.29, 0.717) is 16.9 Å². The fraction of sp³-hybridized carbons (Fsp3) is 0.875. The van der Waals surface area contributed by atoms with Crippen molar-refractivity contribution in [1.82, 2.24) is 0 Å². The summed E-state index contributed by atoms with van der Waals surface area (Å²) in [6, 6.07) is 2.21. The van der Waals surface area contributed by atoms with Gasteiger partial charge in [0.15, 0.2) is 0 Å². The Labute approximate surface area is 71.9 Å². The summed E-state index contributed by atoms with van der Waals surface area (Å²) in [5, 5.41) is 9.66. The van der Waals surface area contributed by atoms with Gasteiger partial charge in [-0.1, -0.05) is 6.92 Å². The van der Waals surface area contributed by atoms with Gasteiger partial charge in [0, 0.05) is 11.7 Å². The van der Waals surface area contributed by atoms with Crippen molar-refractivity contribution in [2.75, 3.05) is 13.2 Å². The van der Waals surface area contributed by atoms with Gasteiger partial charge in [0.25, 0.3) is 0 Å². The topological polar surface area (TPSA) is 33.0 Å². The van der Waals surface area contributed by atoms with Crippen molar-refractivity contribution in [1.29, 1.82) is 5.26 Å². The third-order valence-corrected chi connectivity index (χ3v) is 3.31. The van der Waals surface area contributed by atoms with Gasteiger partial charge in [0.2, 0.25) is 0 Å². The highest BCUT2D eigenvalue weighted by Crippen LogP contribution is 2.27. The standard InChI is InChI=1S/C8H13NOS/c1-2-7(3-4-9)11-8-5-10-6-8/h7-8H,2-3,5-6H2,1H3. The normalized spacial score (nSPS) is 20.4. The van der Waals surface area contributed by atoms with Crippen LogP contribution < -0.4 is 0 Å². The zero-order chi connectivity index (χ0) is 8.10. The lowest BCUT2D eigenvalue weighted by molar-refractivity contribution is 0.0453. The van der Waals surface area contributed by atoms with Crippen LogP contribution in [0.1, 0.15) is 19.8 Å². The largest absolute Gasteiger partial charge is 0.379 e. The molecule has 1 atom stereocenters. The Morgan fingerprint density at radius 3 is 2.82 bits per heavy atom. The van der Waals surface area contributed by atoms with Crippen LogP contribution in [0.25, 0.3) is 0 Å². The fourth-order valence-electron chi connectivity index (χ4n) is 0.955. The number of ether oxygens (including phenoxy) is 1. The highest BCUT2D eigenvalue weighted by molar-refractivity contribution is 8.00. The van der Waals surface area contributed by atoms with Crippen LogP contribution in [0.15, 0.2) is 0 Å². The summed E-state index contributed by atoms with van der Waals surface area (Å²) in [4.78, 5) is 0. The van der Waals surface area contributed by atoms with Crippen LogP contribution in [-0.2, 0) is 4.74 Å². The maximum Gasteiger partial charge on any atom is 0.0633 e. The van der Waals surface area contributed by atoms with E-state index in [1.165, 1.54) is 0 Å². The second kappa shape index (κ2) is 4.63. The number of hydrogen-bond acceptors (Lipinski definition) is 3. The second-order valence-electron chi connectivity index (χ2n) is 2.69. The van der Waals surface area contributed by atoms with E-state index >= 15 is 0 Å². The smallest absolute Gasteiger partial charge is 0.0633 e. The first-order chi connectivity index (χ1) is 5.36. The maximum atomic E-state index is 8.48. The first kappa shape index (κ1) is 8.89. The van der Waals surface area contributed by atoms with Gasteiger partial charge in [-0.2, -0.15) is 5.26 Å². The van der Waals surface area contributed by atoms with Crippen LogP contribution in [0.3, 0.4) is 0 Å². The molecule has 1 rings (SSSR count). The molecular weight excluding hydrogens is 158 g/mol. The Hall–Kier alpha value is -0.200. The molecule has 0 amide bonds. The average molecular weight is 171 g/mol. The van der Waals surface area contributed by atoms with Crippen molar-refractivity contribution in [3.8, 4) is 6.07 Å². The predicted molar refractivity (Wildman–Crippen MR) is 46.5 cm³/mol. The van der Waals surface area contributed by atoms with Crippen LogP contribution in [0.4, 0.5) is 0 Å². The van der Waals surface area contributed by atoms with E-state index in [9.17, 15) is 0 Å². The van der Waals surface area contributed by atoms with Gasteiger partial charge in [-0.15, -0.1) is 11.8 Å². The Bertz CT molecular complexity index is 151. The number of rotatable bonds is 4. The van der Waals surface area contributed by atoms with Crippen LogP contribution in [0.5, 0.6) is 0 Å². The van der Waals surface area contributed by atoms with Crippen molar-refractivity contribution < 1.29 is 4.74 Å². The summed E-state index contributed by atoms with van der Waals surface area (Å²) in [5.74, 6) is 0. The third-order valence-electron chi connectivity index (χ3n) is 1.77. The quantitative estimate of drug-likeness (QED) is 0.646. The van der Waals surface area contributed by atoms with E-state index < -0.39 is 0 Å². The van der Waals surface area contributed by atoms with Crippen molar-refractivity contribution in [3.63, 3.8) is 0 Å². The van der Waals surface area contributed by atoms with E-state index in [-0.39, 0.29) is 0 Å². The van der Waals surface area contributed by atoms with Crippen LogP contribution in [0, 0.1) is 11.3 Å². The van der Waals surface area contributed by atoms with Crippen molar-refractivity contribution >= 4 is 11.8 Å². The number of hydrogen-bond donors (Lipinski definition) is 0. The van der Waals surface area contributed by atoms with Crippen molar-refractivity contribution in [2.45, 2.75) is 30.3 Å². The molecule has 1 aliphatic heterocycles. The molecule has 0 aliphatic carbocycles. The Morgan fingerprint density at radius 1 is 1.73 bits per heavy atom. The first-order valence-corrected chi connectivity index (χ1v) is 4.91. The van der Waals surface area contributed by atoms with Crippen LogP contribution in [0.2, 0.25) is 0 Å². The molecule has 2 nitrogen and oxygen atoms in total. The maximum absolute atomic E-state index is 8.48. The lowest BCUT2D eigenvalue weighted by atomic mass is 10.3. The van der Waals surface area contributed by atoms with Gasteiger partial charge in [-0.05, 0) is 6.42 Å². The molecule has 0 N–H and O–H groups in total. The molecule has 11 heavy (non-hydrogen) atoms. The monoisotopic (exact) mass is 171 g/mol. The lowest BCUT2D eigenvalue weighted by Crippen LogP contribution is -2.32. The summed E-state index contributed by atoms with van der Waals surface area (Å²) in [6.07, 6.45) is 1.77. The molecule has 1 saturated heterocycles. The van der Waals surface area contributed by atoms with E-state index in [1.807, 2.05) is 11.8 Å². The SMILES string of the molecule is CCC(CC#N)SC1COC1. The highest BCUT2D eigenvalue weighted by atomic mass is 32.2. The number of nitriles is 1. The summed E-state index contributed by atoms with van der Waals surface area (Å²) in [6.45, 7) is 3.90. The minimum atomic E-state index is 0.522. The summed E-state index contributed by atoms with van der Waals surface area (Å²) >= 11 is 1.91. The van der Waals surface area contributed by atoms with Gasteiger partial charge in [-0.3, -0.25) is 0 Å². The Morgan fingerprint density at radius 2 is 2.45 bits per heavy atom. The van der Waals surface area contributed by atoms with E-state index in [2.05, 4.69) is 13.0 Å². The molecular formula is C8H13NOS. The molecule has 0 aromatic heterocycles. The summed E-state index contributed by atoms with van der Waals surface area (Å²) in [7, 11) is 0. The number of nitrogens with zero attached hydrogens (tertiary/aromatic N) is 1. The molecule has 0 bridgehead atoms. The Balaban J connectivity index is 2.14. The molecule has 3 heteroatoms. The van der Waals surface area contributed by atoms with Crippen LogP contribution >= 0.6 is 11.8 Å². The number of thioether (sulfide) groups is 1. The first-order valence-electron chi connectivity index (χ1n) is 3.97. The van der Waals surface area contributed by atoms with E-state index in [1.54, 1.807) is 0 Å². The average Bonchev–Trinajstić information content (AvgIpc) is 1.94. The van der Waals surface area contributed by atoms with Gasteiger partial charge in [0.05, 0.1) is 24.5 Å². The molecule has 0 aromatic rings. The van der Waals surface area contributed by atoms with Crippen LogP contribution in [-0.4, -0.2) is 23.7 Å². The minimum absolute atomic E-state index is 0.522. The van der Waals surface area contributed by atoms with E-state index in [0.717, 1.165) is 19.6 Å². The molecule has 1 fully saturated rings. The molecule has 1 aliphatic rings. The van der Waals surface area contributed by atoms with Gasteiger partial charge < -0.3 is 4.74 Å².